The van der Waals surface area contributed by atoms with Gasteiger partial charge in [0, 0.05) is 37.2 Å². The minimum Gasteiger partial charge on any atom is -0.385 e. The lowest BCUT2D eigenvalue weighted by molar-refractivity contribution is 0.150. The third-order valence-corrected chi connectivity index (χ3v) is 5.35. The van der Waals surface area contributed by atoms with Crippen molar-refractivity contribution < 1.29 is 4.74 Å². The van der Waals surface area contributed by atoms with Gasteiger partial charge in [0.15, 0.2) is 0 Å². The standard InChI is InChI=1S/C21H30N4O2/c1-6-19-17(4)22-21-24(18-9-8-15(2)16(3)12-18)13-23(10-7-11-27-5)14-25(21)20(19)26/h8-9,12H,6-7,10-11,13-14H2,1-5H3. The first-order valence-electron chi connectivity index (χ1n) is 9.62. The van der Waals surface area contributed by atoms with Crippen LogP contribution in [0.5, 0.6) is 0 Å². The molecule has 1 aliphatic rings. The molecule has 27 heavy (non-hydrogen) atoms. The number of hydrogen-bond donors (Lipinski definition) is 0. The number of ether oxygens (including phenoxy) is 1. The highest BCUT2D eigenvalue weighted by molar-refractivity contribution is 5.60. The van der Waals surface area contributed by atoms with Gasteiger partial charge >= 0.3 is 0 Å². The second kappa shape index (κ2) is 8.23. The van der Waals surface area contributed by atoms with Crippen molar-refractivity contribution >= 4 is 11.6 Å². The summed E-state index contributed by atoms with van der Waals surface area (Å²) >= 11 is 0. The number of fused-ring (bicyclic) bond motifs is 1. The van der Waals surface area contributed by atoms with Gasteiger partial charge in [0.1, 0.15) is 0 Å². The maximum absolute atomic E-state index is 13.1. The zero-order valence-electron chi connectivity index (χ0n) is 17.1. The molecule has 0 bridgehead atoms. The third kappa shape index (κ3) is 3.92. The molecule has 0 amide bonds. The van der Waals surface area contributed by atoms with Gasteiger partial charge in [-0.25, -0.2) is 4.98 Å². The van der Waals surface area contributed by atoms with Gasteiger partial charge in [-0.3, -0.25) is 19.2 Å². The van der Waals surface area contributed by atoms with E-state index in [9.17, 15) is 4.79 Å². The van der Waals surface area contributed by atoms with Crippen molar-refractivity contribution in [3.05, 3.63) is 50.9 Å². The van der Waals surface area contributed by atoms with Crippen LogP contribution in [0.25, 0.3) is 0 Å². The van der Waals surface area contributed by atoms with Crippen LogP contribution in [-0.4, -0.2) is 41.4 Å². The Hall–Kier alpha value is -2.18. The maximum Gasteiger partial charge on any atom is 0.259 e. The van der Waals surface area contributed by atoms with Crippen LogP contribution in [0.15, 0.2) is 23.0 Å². The van der Waals surface area contributed by atoms with Crippen molar-refractivity contribution in [2.75, 3.05) is 31.8 Å². The predicted molar refractivity (Wildman–Crippen MR) is 109 cm³/mol. The molecule has 0 N–H and O–H groups in total. The van der Waals surface area contributed by atoms with Crippen LogP contribution < -0.4 is 10.5 Å². The van der Waals surface area contributed by atoms with Crippen molar-refractivity contribution in [1.29, 1.82) is 0 Å². The van der Waals surface area contributed by atoms with Gasteiger partial charge in [0.05, 0.1) is 13.3 Å². The van der Waals surface area contributed by atoms with E-state index in [0.29, 0.717) is 26.4 Å². The number of hydrogen-bond acceptors (Lipinski definition) is 5. The summed E-state index contributed by atoms with van der Waals surface area (Å²) in [6.45, 7) is 11.0. The normalized spacial score (nSPS) is 14.5. The Morgan fingerprint density at radius 2 is 1.93 bits per heavy atom. The molecule has 1 aromatic heterocycles. The number of aromatic nitrogens is 2. The molecule has 0 atom stereocenters. The minimum atomic E-state index is 0.0743. The smallest absolute Gasteiger partial charge is 0.259 e. The zero-order valence-corrected chi connectivity index (χ0v) is 17.1. The molecule has 0 aliphatic carbocycles. The third-order valence-electron chi connectivity index (χ3n) is 5.35. The lowest BCUT2D eigenvalue weighted by Crippen LogP contribution is -2.48. The van der Waals surface area contributed by atoms with Crippen molar-refractivity contribution in [2.45, 2.75) is 47.2 Å². The molecule has 6 nitrogen and oxygen atoms in total. The fourth-order valence-electron chi connectivity index (χ4n) is 3.60. The summed E-state index contributed by atoms with van der Waals surface area (Å²) in [7, 11) is 1.72. The molecule has 0 unspecified atom stereocenters. The van der Waals surface area contributed by atoms with Crippen LogP contribution >= 0.6 is 0 Å². The average molecular weight is 370 g/mol. The first-order chi connectivity index (χ1) is 13.0. The van der Waals surface area contributed by atoms with E-state index in [1.165, 1.54) is 11.1 Å². The van der Waals surface area contributed by atoms with Gasteiger partial charge in [-0.1, -0.05) is 13.0 Å². The SMILES string of the molecule is CCc1c(C)nc2n(c1=O)CN(CCCOC)CN2c1ccc(C)c(C)c1. The van der Waals surface area contributed by atoms with E-state index in [1.54, 1.807) is 7.11 Å². The van der Waals surface area contributed by atoms with Crippen LogP contribution in [0.1, 0.15) is 35.7 Å². The van der Waals surface area contributed by atoms with Crippen LogP contribution in [0.3, 0.4) is 0 Å². The van der Waals surface area contributed by atoms with E-state index in [4.69, 9.17) is 9.72 Å². The van der Waals surface area contributed by atoms with Crippen LogP contribution in [0.2, 0.25) is 0 Å². The van der Waals surface area contributed by atoms with Crippen molar-refractivity contribution in [1.82, 2.24) is 14.5 Å². The molecule has 0 radical (unpaired) electrons. The first kappa shape index (κ1) is 19.6. The highest BCUT2D eigenvalue weighted by Gasteiger charge is 2.27. The molecule has 2 aromatic rings. The summed E-state index contributed by atoms with van der Waals surface area (Å²) in [4.78, 5) is 22.3. The molecular weight excluding hydrogens is 340 g/mol. The summed E-state index contributed by atoms with van der Waals surface area (Å²) in [6, 6.07) is 6.42. The van der Waals surface area contributed by atoms with Gasteiger partial charge in [-0.15, -0.1) is 0 Å². The molecule has 0 saturated carbocycles. The van der Waals surface area contributed by atoms with E-state index >= 15 is 0 Å². The lowest BCUT2D eigenvalue weighted by Gasteiger charge is -2.38. The van der Waals surface area contributed by atoms with Crippen LogP contribution in [0.4, 0.5) is 11.6 Å². The van der Waals surface area contributed by atoms with Crippen molar-refractivity contribution in [2.24, 2.45) is 0 Å². The number of benzene rings is 1. The highest BCUT2D eigenvalue weighted by Crippen LogP contribution is 2.29. The number of methoxy groups -OCH3 is 1. The van der Waals surface area contributed by atoms with E-state index in [0.717, 1.165) is 35.9 Å². The maximum atomic E-state index is 13.1. The molecule has 146 valence electrons. The number of nitrogens with zero attached hydrogens (tertiary/aromatic N) is 4. The van der Waals surface area contributed by atoms with Gasteiger partial charge in [0.25, 0.3) is 5.56 Å². The summed E-state index contributed by atoms with van der Waals surface area (Å²) < 4.78 is 7.01. The average Bonchev–Trinajstić information content (AvgIpc) is 2.65. The summed E-state index contributed by atoms with van der Waals surface area (Å²) in [6.07, 6.45) is 1.63. The largest absolute Gasteiger partial charge is 0.385 e. The van der Waals surface area contributed by atoms with Crippen LogP contribution in [0, 0.1) is 20.8 Å². The minimum absolute atomic E-state index is 0.0743. The summed E-state index contributed by atoms with van der Waals surface area (Å²) in [5.41, 5.74) is 5.27. The first-order valence-corrected chi connectivity index (χ1v) is 9.62. The Kier molecular flexibility index (Phi) is 5.97. The van der Waals surface area contributed by atoms with E-state index < -0.39 is 0 Å². The van der Waals surface area contributed by atoms with Crippen molar-refractivity contribution in [3.63, 3.8) is 0 Å². The Labute approximate surface area is 161 Å². The molecule has 2 heterocycles. The fraction of sp³-hybridized carbons (Fsp3) is 0.524. The quantitative estimate of drug-likeness (QED) is 0.731. The second-order valence-corrected chi connectivity index (χ2v) is 7.28. The highest BCUT2D eigenvalue weighted by atomic mass is 16.5. The van der Waals surface area contributed by atoms with Gasteiger partial charge < -0.3 is 4.74 Å². The molecule has 1 aliphatic heterocycles. The monoisotopic (exact) mass is 370 g/mol. The van der Waals surface area contributed by atoms with E-state index in [2.05, 4.69) is 41.8 Å². The second-order valence-electron chi connectivity index (χ2n) is 7.28. The number of rotatable bonds is 6. The Bertz CT molecular complexity index is 875. The van der Waals surface area contributed by atoms with E-state index in [-0.39, 0.29) is 5.56 Å². The Morgan fingerprint density at radius 1 is 1.15 bits per heavy atom. The predicted octanol–water partition coefficient (Wildman–Crippen LogP) is 3.14. The molecule has 6 heteroatoms. The molecular formula is C21H30N4O2. The van der Waals surface area contributed by atoms with Crippen LogP contribution in [-0.2, 0) is 17.8 Å². The molecule has 1 aromatic carbocycles. The molecule has 3 rings (SSSR count). The lowest BCUT2D eigenvalue weighted by atomic mass is 10.1. The Morgan fingerprint density at radius 3 is 2.59 bits per heavy atom. The molecule has 0 fully saturated rings. The fourth-order valence-corrected chi connectivity index (χ4v) is 3.60. The Balaban J connectivity index is 2.06. The zero-order chi connectivity index (χ0) is 19.6. The summed E-state index contributed by atoms with van der Waals surface area (Å²) in [5.74, 6) is 0.737. The van der Waals surface area contributed by atoms with Gasteiger partial charge in [-0.2, -0.15) is 0 Å². The molecule has 0 saturated heterocycles. The number of aryl methyl sites for hydroxylation is 3. The van der Waals surface area contributed by atoms with Gasteiger partial charge in [-0.05, 0) is 56.9 Å². The summed E-state index contributed by atoms with van der Waals surface area (Å²) in [5, 5.41) is 0. The topological polar surface area (TPSA) is 50.6 Å². The van der Waals surface area contributed by atoms with E-state index in [1.807, 2.05) is 18.4 Å². The van der Waals surface area contributed by atoms with Gasteiger partial charge in [0.2, 0.25) is 5.95 Å². The van der Waals surface area contributed by atoms with Crippen molar-refractivity contribution in [3.8, 4) is 0 Å². The number of anilines is 2. The molecule has 0 spiro atoms.